The molecule has 0 bridgehead atoms. The molecule has 1 amide bonds. The second-order valence-corrected chi connectivity index (χ2v) is 28.3. The summed E-state index contributed by atoms with van der Waals surface area (Å²) in [5.41, 5.74) is 4.67. The van der Waals surface area contributed by atoms with Crippen molar-refractivity contribution in [1.29, 1.82) is 15.8 Å². The smallest absolute Gasteiger partial charge is 0.465 e. The van der Waals surface area contributed by atoms with Crippen molar-refractivity contribution < 1.29 is 128 Å². The molecule has 0 heterocycles. The lowest BCUT2D eigenvalue weighted by Crippen LogP contribution is -2.51. The highest BCUT2D eigenvalue weighted by Gasteiger charge is 2.36. The second kappa shape index (κ2) is 62.6. The molecule has 4 rings (SSSR count). The molecule has 0 radical (unpaired) electrons. The number of aryl methyl sites for hydroxylation is 4. The van der Waals surface area contributed by atoms with E-state index in [1.165, 1.54) is 31.0 Å². The van der Waals surface area contributed by atoms with Crippen LogP contribution in [-0.4, -0.2) is 215 Å². The highest BCUT2D eigenvalue weighted by molar-refractivity contribution is 6.71. The van der Waals surface area contributed by atoms with E-state index >= 15 is 0 Å². The van der Waals surface area contributed by atoms with Crippen LogP contribution < -0.4 is 4.98 Å². The van der Waals surface area contributed by atoms with Gasteiger partial charge in [0, 0.05) is 70.8 Å². The second-order valence-electron chi connectivity index (χ2n) is 25.6. The Labute approximate surface area is 664 Å². The predicted octanol–water partition coefficient (Wildman–Crippen LogP) is 7.14. The lowest BCUT2D eigenvalue weighted by Gasteiger charge is -2.27. The number of benzene rings is 4. The largest absolute Gasteiger partial charge is 0.517 e. The van der Waals surface area contributed by atoms with Crippen LogP contribution in [0.15, 0.2) is 112 Å². The SMILES string of the molecule is COCCOCCOC(=O)CC(C)(COC(=O)CCc1cccc(CN=C=O)c1)COC(=O)CCc1cccc(COC#N)c1.COCCOCCOC(=O)CC(C)(COC(=O)CCc1cccc(CN=C=O)c1)COC(=O)CCc1cccc(COC#N)c1.COCCOCCOCCOCCC(=O)N[Si](C)(N=C=O)OC#N. The number of carbonyl (C=O) groups excluding carboxylic acids is 10. The molecule has 0 saturated heterocycles. The minimum Gasteiger partial charge on any atom is -0.465 e. The van der Waals surface area contributed by atoms with E-state index in [9.17, 15) is 47.9 Å². The van der Waals surface area contributed by atoms with Crippen molar-refractivity contribution in [3.05, 3.63) is 142 Å². The summed E-state index contributed by atoms with van der Waals surface area (Å²) in [6, 6.07) is 29.4. The van der Waals surface area contributed by atoms with Gasteiger partial charge in [-0.05, 0) is 70.2 Å². The number of nitrogens with zero attached hydrogens (tertiary/aromatic N) is 6. The lowest BCUT2D eigenvalue weighted by atomic mass is 9.88. The Balaban J connectivity index is 0.000000609. The van der Waals surface area contributed by atoms with Crippen molar-refractivity contribution in [2.45, 2.75) is 117 Å². The van der Waals surface area contributed by atoms with E-state index in [1.54, 1.807) is 47.7 Å². The molecule has 0 aromatic heterocycles. The fraction of sp³-hybridized carbons (Fsp3) is 0.532. The molecular weight excluding hydrogens is 1510 g/mol. The van der Waals surface area contributed by atoms with Crippen molar-refractivity contribution in [2.24, 2.45) is 25.5 Å². The number of hydrogen-bond acceptors (Lipinski definition) is 33. The number of amides is 1. The average Bonchev–Trinajstić information content (AvgIpc) is 0.870. The van der Waals surface area contributed by atoms with Crippen molar-refractivity contribution in [3.8, 4) is 18.8 Å². The number of rotatable bonds is 59. The van der Waals surface area contributed by atoms with Gasteiger partial charge in [-0.3, -0.25) is 33.6 Å². The summed E-state index contributed by atoms with van der Waals surface area (Å²) >= 11 is 0. The summed E-state index contributed by atoms with van der Waals surface area (Å²) in [4.78, 5) is 128. The summed E-state index contributed by atoms with van der Waals surface area (Å²) < 4.78 is 91.1. The third-order valence-electron chi connectivity index (χ3n) is 15.5. The minimum absolute atomic E-state index is 0.0356. The normalized spacial score (nSPS) is 11.9. The number of nitriles is 3. The van der Waals surface area contributed by atoms with Crippen LogP contribution in [0.25, 0.3) is 0 Å². The summed E-state index contributed by atoms with van der Waals surface area (Å²) in [5, 5.41) is 25.7. The number of aliphatic imine (C=N–C) groups is 2. The number of isocyanates is 3. The van der Waals surface area contributed by atoms with E-state index < -0.39 is 61.2 Å². The van der Waals surface area contributed by atoms with E-state index in [1.807, 2.05) is 97.1 Å². The number of esters is 6. The van der Waals surface area contributed by atoms with E-state index in [0.29, 0.717) is 91.8 Å². The first-order chi connectivity index (χ1) is 55.1. The Hall–Kier alpha value is -10.9. The molecule has 114 heavy (non-hydrogen) atoms. The van der Waals surface area contributed by atoms with Crippen LogP contribution in [0, 0.1) is 45.4 Å². The summed E-state index contributed by atoms with van der Waals surface area (Å²) in [5.74, 6) is -3.45. The van der Waals surface area contributed by atoms with Gasteiger partial charge >= 0.3 is 44.5 Å². The maximum absolute atomic E-state index is 12.6. The zero-order valence-corrected chi connectivity index (χ0v) is 66.5. The van der Waals surface area contributed by atoms with Gasteiger partial charge < -0.3 is 85.2 Å². The predicted molar refractivity (Wildman–Crippen MR) is 404 cm³/mol. The van der Waals surface area contributed by atoms with Gasteiger partial charge in [-0.15, -0.1) is 0 Å². The van der Waals surface area contributed by atoms with Crippen LogP contribution in [-0.2, 0) is 180 Å². The third-order valence-corrected chi connectivity index (χ3v) is 17.3. The van der Waals surface area contributed by atoms with Gasteiger partial charge in [-0.2, -0.15) is 20.4 Å². The molecule has 0 aliphatic rings. The molecule has 0 spiro atoms. The van der Waals surface area contributed by atoms with E-state index in [4.69, 9.17) is 91.6 Å². The number of ether oxygens (including phenoxy) is 16. The molecule has 620 valence electrons. The number of methoxy groups -OCH3 is 3. The fourth-order valence-electron chi connectivity index (χ4n) is 9.71. The Morgan fingerprint density at radius 3 is 1.01 bits per heavy atom. The minimum atomic E-state index is -3.27. The Kier molecular flexibility index (Phi) is 54.4. The molecule has 3 atom stereocenters. The fourth-order valence-corrected chi connectivity index (χ4v) is 10.9. The van der Waals surface area contributed by atoms with Crippen molar-refractivity contribution in [3.63, 3.8) is 0 Å². The standard InChI is InChI=1S/2C33H40N2O10.C13H23N3O7Si/c2*1-33(19-32(39)43-16-15-41-14-13-40-2,22-44-30(37)11-9-26-5-3-7-28(17-26)20-35-25-36)23-45-31(38)12-10-27-6-4-8-29(18-27)21-42-24-34;1-19-5-6-21-9-10-22-8-7-20-4-3-13(18)16-24(2,15-12-17)23-11-14/h2*3-8,17-18H,9-16,19-23H2,1-2H3;3-10H2,1-2H3,(H,16,18). The van der Waals surface area contributed by atoms with Gasteiger partial charge in [-0.1, -0.05) is 111 Å². The molecule has 0 aliphatic carbocycles. The summed E-state index contributed by atoms with van der Waals surface area (Å²) in [6.45, 7) is 9.69. The molecule has 1 N–H and O–H groups in total. The zero-order valence-electron chi connectivity index (χ0n) is 65.5. The number of nitrogens with one attached hydrogen (secondary N) is 1. The molecule has 0 fully saturated rings. The van der Waals surface area contributed by atoms with Crippen LogP contribution in [0.4, 0.5) is 0 Å². The van der Waals surface area contributed by atoms with Gasteiger partial charge in [0.15, 0.2) is 0 Å². The summed E-state index contributed by atoms with van der Waals surface area (Å²) in [7, 11) is 1.44. The molecular formula is C79H103N7O27Si. The van der Waals surface area contributed by atoms with Crippen LogP contribution in [0.2, 0.25) is 6.55 Å². The maximum Gasteiger partial charge on any atom is 0.517 e. The molecule has 34 nitrogen and oxygen atoms in total. The van der Waals surface area contributed by atoms with E-state index in [0.717, 1.165) is 44.5 Å². The van der Waals surface area contributed by atoms with Crippen molar-refractivity contribution >= 4 is 68.6 Å². The van der Waals surface area contributed by atoms with Crippen molar-refractivity contribution in [1.82, 2.24) is 4.98 Å². The van der Waals surface area contributed by atoms with Gasteiger partial charge in [-0.25, -0.2) is 24.4 Å². The Bertz CT molecular complexity index is 3590. The molecule has 4 aromatic carbocycles. The first-order valence-corrected chi connectivity index (χ1v) is 38.6. The van der Waals surface area contributed by atoms with Crippen LogP contribution in [0.1, 0.15) is 103 Å². The molecule has 3 unspecified atom stereocenters. The monoisotopic (exact) mass is 1610 g/mol. The van der Waals surface area contributed by atoms with Crippen LogP contribution in [0.5, 0.6) is 0 Å². The topological polar surface area (TPSA) is 448 Å². The van der Waals surface area contributed by atoms with E-state index in [-0.39, 0.29) is 131 Å². The molecule has 0 aliphatic heterocycles. The Morgan fingerprint density at radius 1 is 0.386 bits per heavy atom. The third kappa shape index (κ3) is 50.9. The first kappa shape index (κ1) is 99.2. The summed E-state index contributed by atoms with van der Waals surface area (Å²) in [6.07, 6.45) is 10.6. The molecule has 35 heteroatoms. The number of hydrogen-bond donors (Lipinski definition) is 1. The first-order valence-electron chi connectivity index (χ1n) is 36.3. The lowest BCUT2D eigenvalue weighted by molar-refractivity contribution is -0.161. The zero-order chi connectivity index (χ0) is 83.6. The van der Waals surface area contributed by atoms with Crippen LogP contribution >= 0.6 is 0 Å². The van der Waals surface area contributed by atoms with Gasteiger partial charge in [0.05, 0.1) is 112 Å². The van der Waals surface area contributed by atoms with Gasteiger partial charge in [0.2, 0.25) is 24.1 Å². The molecule has 4 aromatic rings. The van der Waals surface area contributed by atoms with Gasteiger partial charge in [0.1, 0.15) is 52.9 Å². The van der Waals surface area contributed by atoms with Gasteiger partial charge in [0.25, 0.3) is 18.8 Å². The van der Waals surface area contributed by atoms with Crippen molar-refractivity contribution in [2.75, 3.05) is 147 Å². The molecule has 0 saturated carbocycles. The maximum atomic E-state index is 12.6. The quantitative estimate of drug-likeness (QED) is 0.00872. The highest BCUT2D eigenvalue weighted by Crippen LogP contribution is 2.27. The van der Waals surface area contributed by atoms with E-state index in [2.05, 4.69) is 24.1 Å². The highest BCUT2D eigenvalue weighted by atomic mass is 28.4. The average molecular weight is 1610 g/mol. The number of carbonyl (C=O) groups is 7. The van der Waals surface area contributed by atoms with Crippen LogP contribution in [0.3, 0.4) is 0 Å². The Morgan fingerprint density at radius 2 is 0.693 bits per heavy atom.